The Morgan fingerprint density at radius 2 is 1.89 bits per heavy atom. The molecule has 0 amide bonds. The van der Waals surface area contributed by atoms with Crippen LogP contribution in [0.4, 0.5) is 22.5 Å². The number of hydrogen-bond acceptors (Lipinski definition) is 6. The van der Waals surface area contributed by atoms with Gasteiger partial charge in [0.1, 0.15) is 11.5 Å². The number of nitrogens with zero attached hydrogens (tertiary/aromatic N) is 3. The molecular weight excluding hydrogens is 432 g/mol. The lowest BCUT2D eigenvalue weighted by atomic mass is 10.1. The van der Waals surface area contributed by atoms with Gasteiger partial charge in [-0.25, -0.2) is 4.98 Å². The molecule has 0 aliphatic heterocycles. The minimum atomic E-state index is -0.419. The standard InChI is InChI=1S/C17H12N6O2S.BrH/c18-15-12-6-1-2-7-13(12)16(20-15)21-22-17-19-14(9-26-17)10-4-3-5-11(8-10)23(24)25;/h1-9,20H,18H2;1H/b22-21+;. The van der Waals surface area contributed by atoms with Gasteiger partial charge in [0.2, 0.25) is 0 Å². The summed E-state index contributed by atoms with van der Waals surface area (Å²) in [7, 11) is 0. The lowest BCUT2D eigenvalue weighted by Gasteiger charge is -1.94. The van der Waals surface area contributed by atoms with Gasteiger partial charge in [0.05, 0.1) is 10.0 Å². The zero-order chi connectivity index (χ0) is 18.1. The zero-order valence-corrected chi connectivity index (χ0v) is 16.1. The SMILES string of the molecule is Nc1[nH]c(/N=N/c2[nH+]c(-c3cccc([N+](=O)[O-])c3)cs2)c2ccccc12.[Br-]. The van der Waals surface area contributed by atoms with Crippen LogP contribution < -0.4 is 27.7 Å². The molecule has 0 saturated heterocycles. The number of nitrogens with one attached hydrogen (secondary N) is 2. The van der Waals surface area contributed by atoms with E-state index in [1.54, 1.807) is 12.1 Å². The lowest BCUT2D eigenvalue weighted by molar-refractivity contribution is -0.385. The highest BCUT2D eigenvalue weighted by atomic mass is 79.9. The third kappa shape index (κ3) is 3.71. The number of azo groups is 1. The second kappa shape index (κ2) is 7.64. The number of nitro groups is 1. The number of hydrogen-bond donors (Lipinski definition) is 2. The molecular formula is C17H13BrN6O2S. The number of halogens is 1. The van der Waals surface area contributed by atoms with Gasteiger partial charge in [-0.2, -0.15) is 0 Å². The molecule has 0 saturated carbocycles. The van der Waals surface area contributed by atoms with E-state index in [1.807, 2.05) is 29.6 Å². The molecule has 2 heterocycles. The van der Waals surface area contributed by atoms with Crippen molar-refractivity contribution in [3.05, 3.63) is 64.0 Å². The molecule has 0 spiro atoms. The number of H-pyrrole nitrogens is 2. The Morgan fingerprint density at radius 3 is 2.67 bits per heavy atom. The second-order valence-corrected chi connectivity index (χ2v) is 6.38. The number of nitro benzene ring substituents is 1. The molecule has 0 aliphatic rings. The van der Waals surface area contributed by atoms with E-state index in [1.165, 1.54) is 23.5 Å². The molecule has 0 atom stereocenters. The molecule has 27 heavy (non-hydrogen) atoms. The fourth-order valence-electron chi connectivity index (χ4n) is 2.63. The van der Waals surface area contributed by atoms with E-state index in [2.05, 4.69) is 20.2 Å². The number of aromatic amines is 2. The molecule has 10 heteroatoms. The van der Waals surface area contributed by atoms with E-state index >= 15 is 0 Å². The van der Waals surface area contributed by atoms with E-state index < -0.39 is 4.92 Å². The molecule has 0 unspecified atom stereocenters. The molecule has 4 N–H and O–H groups in total. The second-order valence-electron chi connectivity index (χ2n) is 5.52. The summed E-state index contributed by atoms with van der Waals surface area (Å²) in [6, 6.07) is 14.1. The van der Waals surface area contributed by atoms with E-state index in [-0.39, 0.29) is 22.7 Å². The van der Waals surface area contributed by atoms with Crippen molar-refractivity contribution in [2.75, 3.05) is 5.73 Å². The summed E-state index contributed by atoms with van der Waals surface area (Å²) in [5, 5.41) is 23.6. The average molecular weight is 445 g/mol. The predicted molar refractivity (Wildman–Crippen MR) is 99.9 cm³/mol. The van der Waals surface area contributed by atoms with E-state index in [4.69, 9.17) is 5.73 Å². The maximum Gasteiger partial charge on any atom is 0.406 e. The Hall–Kier alpha value is -3.11. The van der Waals surface area contributed by atoms with Crippen molar-refractivity contribution in [3.8, 4) is 11.3 Å². The van der Waals surface area contributed by atoms with Crippen LogP contribution in [-0.4, -0.2) is 9.91 Å². The molecule has 0 bridgehead atoms. The average Bonchev–Trinajstić information content (AvgIpc) is 3.25. The Morgan fingerprint density at radius 1 is 1.11 bits per heavy atom. The van der Waals surface area contributed by atoms with Crippen LogP contribution in [0.5, 0.6) is 0 Å². The van der Waals surface area contributed by atoms with Gasteiger partial charge in [-0.3, -0.25) is 10.1 Å². The molecule has 0 aliphatic carbocycles. The van der Waals surface area contributed by atoms with Crippen molar-refractivity contribution in [1.29, 1.82) is 0 Å². The summed E-state index contributed by atoms with van der Waals surface area (Å²) in [5.74, 6) is 1.12. The lowest BCUT2D eigenvalue weighted by Crippen LogP contribution is -3.00. The van der Waals surface area contributed by atoms with Crippen LogP contribution in [0.25, 0.3) is 22.0 Å². The van der Waals surface area contributed by atoms with Crippen molar-refractivity contribution in [3.63, 3.8) is 0 Å². The number of non-ortho nitro benzene ring substituents is 1. The van der Waals surface area contributed by atoms with Gasteiger partial charge in [-0.05, 0) is 16.5 Å². The van der Waals surface area contributed by atoms with Crippen molar-refractivity contribution < 1.29 is 26.9 Å². The van der Waals surface area contributed by atoms with E-state index in [9.17, 15) is 10.1 Å². The van der Waals surface area contributed by atoms with Crippen LogP contribution in [-0.2, 0) is 0 Å². The predicted octanol–water partition coefficient (Wildman–Crippen LogP) is 1.62. The van der Waals surface area contributed by atoms with Crippen molar-refractivity contribution in [1.82, 2.24) is 4.98 Å². The van der Waals surface area contributed by atoms with Gasteiger partial charge < -0.3 is 27.7 Å². The number of benzene rings is 2. The number of nitrogen functional groups attached to an aromatic ring is 1. The highest BCUT2D eigenvalue weighted by Crippen LogP contribution is 2.32. The third-order valence-corrected chi connectivity index (χ3v) is 4.62. The van der Waals surface area contributed by atoms with Crippen molar-refractivity contribution in [2.45, 2.75) is 0 Å². The number of thiazole rings is 1. The number of fused-ring (bicyclic) bond motifs is 1. The fourth-order valence-corrected chi connectivity index (χ4v) is 3.31. The van der Waals surface area contributed by atoms with Crippen LogP contribution >= 0.6 is 11.3 Å². The first kappa shape index (κ1) is 18.7. The molecule has 8 nitrogen and oxygen atoms in total. The first-order valence-corrected chi connectivity index (χ1v) is 8.53. The highest BCUT2D eigenvalue weighted by Gasteiger charge is 2.15. The topological polar surface area (TPSA) is 124 Å². The van der Waals surface area contributed by atoms with Crippen LogP contribution in [0.3, 0.4) is 0 Å². The summed E-state index contributed by atoms with van der Waals surface area (Å²) in [4.78, 5) is 16.6. The Labute approximate surface area is 167 Å². The zero-order valence-electron chi connectivity index (χ0n) is 13.7. The molecule has 4 rings (SSSR count). The molecule has 2 aromatic carbocycles. The van der Waals surface area contributed by atoms with Crippen LogP contribution in [0.2, 0.25) is 0 Å². The maximum absolute atomic E-state index is 10.9. The van der Waals surface area contributed by atoms with Crippen LogP contribution in [0.1, 0.15) is 0 Å². The van der Waals surface area contributed by atoms with Gasteiger partial charge in [0.15, 0.2) is 5.82 Å². The maximum atomic E-state index is 10.9. The number of rotatable bonds is 4. The number of aromatic nitrogens is 2. The van der Waals surface area contributed by atoms with Gasteiger partial charge in [0.25, 0.3) is 5.69 Å². The normalized spacial score (nSPS) is 11.0. The minimum absolute atomic E-state index is 0. The molecule has 2 aromatic heterocycles. The molecule has 136 valence electrons. The molecule has 0 fully saturated rings. The largest absolute Gasteiger partial charge is 1.00 e. The summed E-state index contributed by atoms with van der Waals surface area (Å²) < 4.78 is 0. The Balaban J connectivity index is 0.00000210. The highest BCUT2D eigenvalue weighted by molar-refractivity contribution is 7.13. The van der Waals surface area contributed by atoms with Gasteiger partial charge >= 0.3 is 5.13 Å². The summed E-state index contributed by atoms with van der Waals surface area (Å²) in [6.07, 6.45) is 0. The van der Waals surface area contributed by atoms with Crippen LogP contribution in [0, 0.1) is 10.1 Å². The number of nitrogens with two attached hydrogens (primary N) is 1. The molecule has 4 aromatic rings. The first-order valence-electron chi connectivity index (χ1n) is 7.65. The first-order chi connectivity index (χ1) is 12.6. The van der Waals surface area contributed by atoms with E-state index in [0.717, 1.165) is 16.5 Å². The summed E-state index contributed by atoms with van der Waals surface area (Å²) in [5.41, 5.74) is 7.44. The third-order valence-electron chi connectivity index (χ3n) is 3.86. The summed E-state index contributed by atoms with van der Waals surface area (Å²) in [6.45, 7) is 0. The quantitative estimate of drug-likeness (QED) is 0.282. The van der Waals surface area contributed by atoms with Crippen LogP contribution in [0.15, 0.2) is 64.1 Å². The van der Waals surface area contributed by atoms with Crippen molar-refractivity contribution >= 4 is 44.6 Å². The minimum Gasteiger partial charge on any atom is -1.00 e. The summed E-state index contributed by atoms with van der Waals surface area (Å²) >= 11 is 1.36. The van der Waals surface area contributed by atoms with Gasteiger partial charge in [-0.15, -0.1) is 0 Å². The monoisotopic (exact) mass is 444 g/mol. The van der Waals surface area contributed by atoms with Gasteiger partial charge in [0, 0.05) is 33.8 Å². The fraction of sp³-hybridized carbons (Fsp3) is 0. The molecule has 0 radical (unpaired) electrons. The van der Waals surface area contributed by atoms with Gasteiger partial charge in [-0.1, -0.05) is 36.4 Å². The Bertz CT molecular complexity index is 1150. The number of anilines is 1. The van der Waals surface area contributed by atoms with Crippen molar-refractivity contribution in [2.24, 2.45) is 10.2 Å². The smallest absolute Gasteiger partial charge is 0.406 e. The Kier molecular flexibility index (Phi) is 5.28. The van der Waals surface area contributed by atoms with E-state index in [0.29, 0.717) is 22.3 Å².